The molecule has 0 aromatic carbocycles. The van der Waals surface area contributed by atoms with Crippen LogP contribution in [0.4, 0.5) is 0 Å². The van der Waals surface area contributed by atoms with Gasteiger partial charge in [-0.2, -0.15) is 0 Å². The van der Waals surface area contributed by atoms with Gasteiger partial charge in [0.05, 0.1) is 12.2 Å². The third-order valence-corrected chi connectivity index (χ3v) is 3.77. The van der Waals surface area contributed by atoms with Gasteiger partial charge in [-0.3, -0.25) is 0 Å². The minimum Gasteiger partial charge on any atom is -0.357 e. The summed E-state index contributed by atoms with van der Waals surface area (Å²) in [7, 11) is 0. The van der Waals surface area contributed by atoms with Crippen molar-refractivity contribution in [2.24, 2.45) is 4.99 Å². The molecule has 0 saturated heterocycles. The number of aryl methyl sites for hydroxylation is 2. The largest absolute Gasteiger partial charge is 0.357 e. The van der Waals surface area contributed by atoms with Crippen molar-refractivity contribution in [2.45, 2.75) is 46.2 Å². The van der Waals surface area contributed by atoms with Crippen LogP contribution in [0.2, 0.25) is 0 Å². The summed E-state index contributed by atoms with van der Waals surface area (Å²) in [6.07, 6.45) is 2.53. The van der Waals surface area contributed by atoms with Gasteiger partial charge in [-0.15, -0.1) is 35.3 Å². The van der Waals surface area contributed by atoms with E-state index in [2.05, 4.69) is 34.5 Å². The van der Waals surface area contributed by atoms with Gasteiger partial charge in [-0.05, 0) is 33.6 Å². The fourth-order valence-electron chi connectivity index (χ4n) is 1.49. The molecule has 0 atom stereocenters. The van der Waals surface area contributed by atoms with E-state index in [-0.39, 0.29) is 24.0 Å². The van der Waals surface area contributed by atoms with E-state index in [4.69, 9.17) is 0 Å². The average molecular weight is 380 g/mol. The maximum absolute atomic E-state index is 4.56. The summed E-state index contributed by atoms with van der Waals surface area (Å²) >= 11 is 1.74. The van der Waals surface area contributed by atoms with Crippen molar-refractivity contribution in [3.63, 3.8) is 0 Å². The number of thiazole rings is 1. The molecule has 2 N–H and O–H groups in total. The minimum atomic E-state index is 0. The van der Waals surface area contributed by atoms with Gasteiger partial charge in [-0.25, -0.2) is 9.98 Å². The van der Waals surface area contributed by atoms with Gasteiger partial charge in [-0.1, -0.05) is 0 Å². The first-order chi connectivity index (χ1) is 8.19. The van der Waals surface area contributed by atoms with Gasteiger partial charge >= 0.3 is 0 Å². The monoisotopic (exact) mass is 380 g/mol. The Kier molecular flexibility index (Phi) is 6.34. The Bertz CT molecular complexity index is 393. The summed E-state index contributed by atoms with van der Waals surface area (Å²) in [6, 6.07) is 0.632. The maximum Gasteiger partial charge on any atom is 0.191 e. The molecule has 0 aliphatic heterocycles. The predicted octanol–water partition coefficient (Wildman–Crippen LogP) is 2.60. The highest BCUT2D eigenvalue weighted by Crippen LogP contribution is 2.19. The van der Waals surface area contributed by atoms with E-state index in [1.165, 1.54) is 17.7 Å². The molecule has 102 valence electrons. The van der Waals surface area contributed by atoms with Crippen LogP contribution in [0.3, 0.4) is 0 Å². The van der Waals surface area contributed by atoms with Crippen molar-refractivity contribution in [2.75, 3.05) is 6.54 Å². The van der Waals surface area contributed by atoms with Crippen LogP contribution in [0.5, 0.6) is 0 Å². The van der Waals surface area contributed by atoms with E-state index >= 15 is 0 Å². The van der Waals surface area contributed by atoms with Gasteiger partial charge in [0.2, 0.25) is 0 Å². The number of rotatable bonds is 4. The molecular formula is C12H21IN4S. The van der Waals surface area contributed by atoms with E-state index in [1.54, 1.807) is 11.3 Å². The van der Waals surface area contributed by atoms with Gasteiger partial charge in [0.15, 0.2) is 5.96 Å². The van der Waals surface area contributed by atoms with Crippen LogP contribution in [0, 0.1) is 13.8 Å². The van der Waals surface area contributed by atoms with Gasteiger partial charge in [0, 0.05) is 17.5 Å². The lowest BCUT2D eigenvalue weighted by molar-refractivity contribution is 0.810. The number of hydrogen-bond acceptors (Lipinski definition) is 3. The molecule has 0 unspecified atom stereocenters. The summed E-state index contributed by atoms with van der Waals surface area (Å²) in [5.74, 6) is 0.917. The Morgan fingerprint density at radius 3 is 2.67 bits per heavy atom. The molecule has 0 spiro atoms. The predicted molar refractivity (Wildman–Crippen MR) is 88.0 cm³/mol. The standard InChI is InChI=1S/C12H20N4S.HI/c1-4-13-12(16-10-5-6-10)14-7-11-15-8(2)9(3)17-11;/h10H,4-7H2,1-3H3,(H2,13,14,16);1H. The van der Waals surface area contributed by atoms with E-state index in [1.807, 2.05) is 6.92 Å². The summed E-state index contributed by atoms with van der Waals surface area (Å²) in [5, 5.41) is 7.75. The smallest absolute Gasteiger partial charge is 0.191 e. The Morgan fingerprint density at radius 2 is 2.17 bits per heavy atom. The van der Waals surface area contributed by atoms with Crippen LogP contribution >= 0.6 is 35.3 Å². The summed E-state index contributed by atoms with van der Waals surface area (Å²) in [6.45, 7) is 7.80. The van der Waals surface area contributed by atoms with Crippen molar-refractivity contribution >= 4 is 41.3 Å². The lowest BCUT2D eigenvalue weighted by Gasteiger charge is -2.09. The quantitative estimate of drug-likeness (QED) is 0.480. The van der Waals surface area contributed by atoms with Crippen LogP contribution in [0.25, 0.3) is 0 Å². The number of nitrogens with one attached hydrogen (secondary N) is 2. The number of nitrogens with zero attached hydrogens (tertiary/aromatic N) is 2. The highest BCUT2D eigenvalue weighted by Gasteiger charge is 2.22. The summed E-state index contributed by atoms with van der Waals surface area (Å²) < 4.78 is 0. The van der Waals surface area contributed by atoms with Gasteiger partial charge in [0.1, 0.15) is 5.01 Å². The van der Waals surface area contributed by atoms with Crippen LogP contribution in [-0.2, 0) is 6.54 Å². The van der Waals surface area contributed by atoms with Crippen molar-refractivity contribution < 1.29 is 0 Å². The molecule has 18 heavy (non-hydrogen) atoms. The topological polar surface area (TPSA) is 49.3 Å². The van der Waals surface area contributed by atoms with E-state index in [0.717, 1.165) is 23.2 Å². The molecule has 6 heteroatoms. The van der Waals surface area contributed by atoms with E-state index in [0.29, 0.717) is 12.6 Å². The van der Waals surface area contributed by atoms with Crippen LogP contribution < -0.4 is 10.6 Å². The molecule has 2 rings (SSSR count). The number of halogens is 1. The normalized spacial score (nSPS) is 15.2. The third kappa shape index (κ3) is 4.72. The van der Waals surface area contributed by atoms with Crippen molar-refractivity contribution in [1.29, 1.82) is 0 Å². The molecule has 0 bridgehead atoms. The molecule has 4 nitrogen and oxygen atoms in total. The number of aliphatic imine (C=N–C) groups is 1. The van der Waals surface area contributed by atoms with E-state index in [9.17, 15) is 0 Å². The van der Waals surface area contributed by atoms with Gasteiger partial charge < -0.3 is 10.6 Å². The highest BCUT2D eigenvalue weighted by molar-refractivity contribution is 14.0. The fraction of sp³-hybridized carbons (Fsp3) is 0.667. The molecule has 1 saturated carbocycles. The molecule has 1 aromatic heterocycles. The zero-order valence-electron chi connectivity index (χ0n) is 11.1. The first kappa shape index (κ1) is 15.7. The molecule has 1 aromatic rings. The van der Waals surface area contributed by atoms with Crippen LogP contribution in [0.1, 0.15) is 35.3 Å². The molecule has 0 amide bonds. The van der Waals surface area contributed by atoms with Gasteiger partial charge in [0.25, 0.3) is 0 Å². The van der Waals surface area contributed by atoms with Crippen LogP contribution in [0.15, 0.2) is 4.99 Å². The number of hydrogen-bond donors (Lipinski definition) is 2. The second-order valence-corrected chi connectivity index (χ2v) is 5.65. The van der Waals surface area contributed by atoms with Crippen molar-refractivity contribution in [3.05, 3.63) is 15.6 Å². The molecule has 1 fully saturated rings. The summed E-state index contributed by atoms with van der Waals surface area (Å²) in [5.41, 5.74) is 1.13. The van der Waals surface area contributed by atoms with E-state index < -0.39 is 0 Å². The fourth-order valence-corrected chi connectivity index (χ4v) is 2.35. The zero-order valence-corrected chi connectivity index (χ0v) is 14.3. The SMILES string of the molecule is CCNC(=NCc1nc(C)c(C)s1)NC1CC1.I. The Balaban J connectivity index is 0.00000162. The molecule has 0 radical (unpaired) electrons. The second kappa shape index (κ2) is 7.28. The lowest BCUT2D eigenvalue weighted by atomic mass is 10.4. The van der Waals surface area contributed by atoms with Crippen molar-refractivity contribution in [1.82, 2.24) is 15.6 Å². The number of aromatic nitrogens is 1. The average Bonchev–Trinajstić information content (AvgIpc) is 3.03. The Hall–Kier alpha value is -0.370. The van der Waals surface area contributed by atoms with Crippen LogP contribution in [-0.4, -0.2) is 23.5 Å². The maximum atomic E-state index is 4.56. The number of guanidine groups is 1. The Labute approximate surface area is 130 Å². The lowest BCUT2D eigenvalue weighted by Crippen LogP contribution is -2.38. The summed E-state index contributed by atoms with van der Waals surface area (Å²) in [4.78, 5) is 10.3. The first-order valence-electron chi connectivity index (χ1n) is 6.16. The molecule has 1 heterocycles. The van der Waals surface area contributed by atoms with Crippen molar-refractivity contribution in [3.8, 4) is 0 Å². The second-order valence-electron chi connectivity index (χ2n) is 4.36. The minimum absolute atomic E-state index is 0. The zero-order chi connectivity index (χ0) is 12.3. The molecule has 1 aliphatic rings. The Morgan fingerprint density at radius 1 is 1.44 bits per heavy atom. The third-order valence-electron chi connectivity index (χ3n) is 2.71. The molecular weight excluding hydrogens is 359 g/mol. The molecule has 1 aliphatic carbocycles. The highest BCUT2D eigenvalue weighted by atomic mass is 127. The first-order valence-corrected chi connectivity index (χ1v) is 6.98.